The number of aromatic nitrogens is 1. The quantitative estimate of drug-likeness (QED) is 0.915. The number of para-hydroxylation sites is 1. The number of hydrogen-bond acceptors (Lipinski definition) is 1. The maximum atomic E-state index is 12.5. The van der Waals surface area contributed by atoms with Crippen LogP contribution in [0, 0.1) is 5.92 Å². The Morgan fingerprint density at radius 3 is 2.95 bits per heavy atom. The Labute approximate surface area is 126 Å². The minimum absolute atomic E-state index is 0.305. The van der Waals surface area contributed by atoms with E-state index in [0.717, 1.165) is 37.2 Å². The van der Waals surface area contributed by atoms with Crippen molar-refractivity contribution in [2.75, 3.05) is 6.54 Å². The Bertz CT molecular complexity index is 631. The third kappa shape index (κ3) is 2.97. The standard InChI is InChI=1S/C18H24N2O/c1-13-9-10-20(14(2)11-13)18(21)8-7-15-12-19-17-6-4-3-5-16(15)17/h3-6,12-14,19H,7-11H2,1-2H3. The first kappa shape index (κ1) is 14.2. The van der Waals surface area contributed by atoms with Crippen molar-refractivity contribution in [1.29, 1.82) is 0 Å². The SMILES string of the molecule is CC1CCN(C(=O)CCc2c[nH]c3ccccc23)C(C)C1. The number of aryl methyl sites for hydroxylation is 1. The number of nitrogens with one attached hydrogen (secondary N) is 1. The zero-order chi connectivity index (χ0) is 14.8. The lowest BCUT2D eigenvalue weighted by Crippen LogP contribution is -2.44. The lowest BCUT2D eigenvalue weighted by molar-refractivity contribution is -0.135. The zero-order valence-corrected chi connectivity index (χ0v) is 12.9. The van der Waals surface area contributed by atoms with Crippen LogP contribution in [0.2, 0.25) is 0 Å². The van der Waals surface area contributed by atoms with Gasteiger partial charge in [0.2, 0.25) is 5.91 Å². The van der Waals surface area contributed by atoms with E-state index in [1.54, 1.807) is 0 Å². The molecule has 1 saturated heterocycles. The molecule has 1 fully saturated rings. The summed E-state index contributed by atoms with van der Waals surface area (Å²) in [6.07, 6.45) is 5.75. The van der Waals surface area contributed by atoms with Crippen LogP contribution < -0.4 is 0 Å². The number of hydrogen-bond donors (Lipinski definition) is 1. The summed E-state index contributed by atoms with van der Waals surface area (Å²) in [4.78, 5) is 17.8. The van der Waals surface area contributed by atoms with Crippen LogP contribution in [-0.2, 0) is 11.2 Å². The van der Waals surface area contributed by atoms with E-state index in [-0.39, 0.29) is 0 Å². The summed E-state index contributed by atoms with van der Waals surface area (Å²) in [6, 6.07) is 8.68. The van der Waals surface area contributed by atoms with Gasteiger partial charge in [0.05, 0.1) is 0 Å². The number of fused-ring (bicyclic) bond motifs is 1. The van der Waals surface area contributed by atoms with Crippen molar-refractivity contribution in [3.8, 4) is 0 Å². The first-order valence-corrected chi connectivity index (χ1v) is 7.99. The molecule has 0 bridgehead atoms. The minimum Gasteiger partial charge on any atom is -0.361 e. The molecule has 21 heavy (non-hydrogen) atoms. The smallest absolute Gasteiger partial charge is 0.223 e. The molecule has 3 rings (SSSR count). The van der Waals surface area contributed by atoms with Gasteiger partial charge in [-0.15, -0.1) is 0 Å². The Morgan fingerprint density at radius 2 is 2.14 bits per heavy atom. The number of carbonyl (C=O) groups excluding carboxylic acids is 1. The van der Waals surface area contributed by atoms with E-state index in [9.17, 15) is 4.79 Å². The largest absolute Gasteiger partial charge is 0.361 e. The first-order chi connectivity index (χ1) is 10.1. The van der Waals surface area contributed by atoms with Crippen molar-refractivity contribution in [1.82, 2.24) is 9.88 Å². The molecule has 1 aromatic heterocycles. The van der Waals surface area contributed by atoms with Crippen molar-refractivity contribution in [2.24, 2.45) is 5.92 Å². The average molecular weight is 284 g/mol. The molecule has 0 aliphatic carbocycles. The van der Waals surface area contributed by atoms with Crippen molar-refractivity contribution in [2.45, 2.75) is 45.6 Å². The summed E-state index contributed by atoms with van der Waals surface area (Å²) in [6.45, 7) is 5.39. The Kier molecular flexibility index (Phi) is 4.00. The maximum absolute atomic E-state index is 12.5. The van der Waals surface area contributed by atoms with Gasteiger partial charge in [-0.1, -0.05) is 25.1 Å². The number of piperidine rings is 1. The van der Waals surface area contributed by atoms with Gasteiger partial charge in [-0.25, -0.2) is 0 Å². The molecule has 0 radical (unpaired) electrons. The molecule has 0 saturated carbocycles. The molecular formula is C18H24N2O. The molecule has 3 nitrogen and oxygen atoms in total. The molecule has 1 aliphatic rings. The van der Waals surface area contributed by atoms with Gasteiger partial charge in [0.1, 0.15) is 0 Å². The van der Waals surface area contributed by atoms with E-state index in [1.165, 1.54) is 10.9 Å². The third-order valence-corrected chi connectivity index (χ3v) is 4.74. The van der Waals surface area contributed by atoms with E-state index < -0.39 is 0 Å². The second kappa shape index (κ2) is 5.92. The van der Waals surface area contributed by atoms with Crippen molar-refractivity contribution in [3.05, 3.63) is 36.0 Å². The first-order valence-electron chi connectivity index (χ1n) is 7.99. The van der Waals surface area contributed by atoms with Gasteiger partial charge < -0.3 is 9.88 Å². The zero-order valence-electron chi connectivity index (χ0n) is 12.9. The van der Waals surface area contributed by atoms with Gasteiger partial charge in [-0.05, 0) is 43.7 Å². The molecule has 2 heterocycles. The number of carbonyl (C=O) groups is 1. The van der Waals surface area contributed by atoms with Crippen LogP contribution in [0.25, 0.3) is 10.9 Å². The second-order valence-corrected chi connectivity index (χ2v) is 6.43. The van der Waals surface area contributed by atoms with E-state index in [0.29, 0.717) is 18.4 Å². The van der Waals surface area contributed by atoms with E-state index in [4.69, 9.17) is 0 Å². The molecule has 0 spiro atoms. The van der Waals surface area contributed by atoms with Crippen molar-refractivity contribution in [3.63, 3.8) is 0 Å². The van der Waals surface area contributed by atoms with Crippen LogP contribution in [0.1, 0.15) is 38.7 Å². The van der Waals surface area contributed by atoms with Gasteiger partial charge in [0, 0.05) is 36.1 Å². The average Bonchev–Trinajstić information content (AvgIpc) is 2.88. The number of likely N-dealkylation sites (tertiary alicyclic amines) is 1. The van der Waals surface area contributed by atoms with Gasteiger partial charge in [0.15, 0.2) is 0 Å². The van der Waals surface area contributed by atoms with E-state index in [1.807, 2.05) is 12.3 Å². The summed E-state index contributed by atoms with van der Waals surface area (Å²) < 4.78 is 0. The molecule has 1 aliphatic heterocycles. The third-order valence-electron chi connectivity index (χ3n) is 4.74. The normalized spacial score (nSPS) is 22.7. The predicted octanol–water partition coefficient (Wildman–Crippen LogP) is 3.75. The van der Waals surface area contributed by atoms with Crippen LogP contribution in [0.4, 0.5) is 0 Å². The Hall–Kier alpha value is -1.77. The van der Waals surface area contributed by atoms with Crippen molar-refractivity contribution >= 4 is 16.8 Å². The highest BCUT2D eigenvalue weighted by Gasteiger charge is 2.26. The van der Waals surface area contributed by atoms with Gasteiger partial charge in [-0.3, -0.25) is 4.79 Å². The summed E-state index contributed by atoms with van der Waals surface area (Å²) in [7, 11) is 0. The van der Waals surface area contributed by atoms with E-state index >= 15 is 0 Å². The van der Waals surface area contributed by atoms with Crippen LogP contribution in [-0.4, -0.2) is 28.4 Å². The van der Waals surface area contributed by atoms with Crippen LogP contribution >= 0.6 is 0 Å². The topological polar surface area (TPSA) is 36.1 Å². The molecule has 1 amide bonds. The Morgan fingerprint density at radius 1 is 1.33 bits per heavy atom. The number of benzene rings is 1. The highest BCUT2D eigenvalue weighted by atomic mass is 16.2. The second-order valence-electron chi connectivity index (χ2n) is 6.43. The summed E-state index contributed by atoms with van der Waals surface area (Å²) in [5, 5.41) is 1.24. The Balaban J connectivity index is 1.63. The summed E-state index contributed by atoms with van der Waals surface area (Å²) in [5.74, 6) is 1.05. The molecule has 3 heteroatoms. The van der Waals surface area contributed by atoms with Crippen LogP contribution in [0.5, 0.6) is 0 Å². The predicted molar refractivity (Wildman–Crippen MR) is 86.2 cm³/mol. The highest BCUT2D eigenvalue weighted by molar-refractivity contribution is 5.84. The maximum Gasteiger partial charge on any atom is 0.223 e. The number of rotatable bonds is 3. The fourth-order valence-corrected chi connectivity index (χ4v) is 3.50. The van der Waals surface area contributed by atoms with Gasteiger partial charge in [0.25, 0.3) is 0 Å². The fourth-order valence-electron chi connectivity index (χ4n) is 3.50. The highest BCUT2D eigenvalue weighted by Crippen LogP contribution is 2.24. The molecule has 2 atom stereocenters. The fraction of sp³-hybridized carbons (Fsp3) is 0.500. The minimum atomic E-state index is 0.305. The monoisotopic (exact) mass is 284 g/mol. The number of H-pyrrole nitrogens is 1. The molecule has 1 N–H and O–H groups in total. The molecule has 112 valence electrons. The lowest BCUT2D eigenvalue weighted by atomic mass is 9.93. The van der Waals surface area contributed by atoms with Gasteiger partial charge >= 0.3 is 0 Å². The number of aromatic amines is 1. The van der Waals surface area contributed by atoms with Crippen LogP contribution in [0.3, 0.4) is 0 Å². The molecular weight excluding hydrogens is 260 g/mol. The number of amides is 1. The number of nitrogens with zero attached hydrogens (tertiary/aromatic N) is 1. The molecule has 1 aromatic carbocycles. The summed E-state index contributed by atoms with van der Waals surface area (Å²) >= 11 is 0. The van der Waals surface area contributed by atoms with Gasteiger partial charge in [-0.2, -0.15) is 0 Å². The molecule has 2 unspecified atom stereocenters. The van der Waals surface area contributed by atoms with E-state index in [2.05, 4.69) is 41.9 Å². The summed E-state index contributed by atoms with van der Waals surface area (Å²) in [5.41, 5.74) is 2.40. The lowest BCUT2D eigenvalue weighted by Gasteiger charge is -2.36. The van der Waals surface area contributed by atoms with Crippen molar-refractivity contribution < 1.29 is 4.79 Å². The molecule has 2 aromatic rings. The van der Waals surface area contributed by atoms with Crippen LogP contribution in [0.15, 0.2) is 30.5 Å².